The highest BCUT2D eigenvalue weighted by Crippen LogP contribution is 2.07. The summed E-state index contributed by atoms with van der Waals surface area (Å²) in [5.41, 5.74) is 7.70. The lowest BCUT2D eigenvalue weighted by atomic mass is 10.2. The van der Waals surface area contributed by atoms with Gasteiger partial charge in [0.15, 0.2) is 0 Å². The molecule has 0 fully saturated rings. The molecule has 2 rings (SSSR count). The molecule has 3 N–H and O–H groups in total. The summed E-state index contributed by atoms with van der Waals surface area (Å²) >= 11 is 0. The molecule has 16 heavy (non-hydrogen) atoms. The SMILES string of the molecule is Cn1cc(CCNc2ccc(N)nc2)cn1. The zero-order valence-corrected chi connectivity index (χ0v) is 9.22. The van der Waals surface area contributed by atoms with E-state index in [1.165, 1.54) is 5.56 Å². The van der Waals surface area contributed by atoms with Crippen molar-refractivity contribution in [3.05, 3.63) is 36.3 Å². The summed E-state index contributed by atoms with van der Waals surface area (Å²) in [5, 5.41) is 7.39. The molecule has 0 aliphatic heterocycles. The molecule has 5 heteroatoms. The Hall–Kier alpha value is -2.04. The van der Waals surface area contributed by atoms with Crippen molar-refractivity contribution in [2.45, 2.75) is 6.42 Å². The number of nitrogens with zero attached hydrogens (tertiary/aromatic N) is 3. The Morgan fingerprint density at radius 1 is 1.38 bits per heavy atom. The molecular weight excluding hydrogens is 202 g/mol. The van der Waals surface area contributed by atoms with Crippen LogP contribution in [0.15, 0.2) is 30.7 Å². The Morgan fingerprint density at radius 3 is 2.88 bits per heavy atom. The predicted octanol–water partition coefficient (Wildman–Crippen LogP) is 1.05. The van der Waals surface area contributed by atoms with Gasteiger partial charge in [-0.05, 0) is 24.1 Å². The molecule has 0 amide bonds. The molecule has 0 radical (unpaired) electrons. The van der Waals surface area contributed by atoms with Gasteiger partial charge in [-0.2, -0.15) is 5.10 Å². The molecule has 0 unspecified atom stereocenters. The van der Waals surface area contributed by atoms with Crippen molar-refractivity contribution >= 4 is 11.5 Å². The van der Waals surface area contributed by atoms with E-state index in [1.54, 1.807) is 16.9 Å². The van der Waals surface area contributed by atoms with E-state index in [2.05, 4.69) is 15.4 Å². The molecule has 84 valence electrons. The largest absolute Gasteiger partial charge is 0.384 e. The maximum atomic E-state index is 5.50. The fraction of sp³-hybridized carbons (Fsp3) is 0.273. The number of aromatic nitrogens is 3. The van der Waals surface area contributed by atoms with Crippen LogP contribution in [0, 0.1) is 0 Å². The quantitative estimate of drug-likeness (QED) is 0.803. The van der Waals surface area contributed by atoms with E-state index in [4.69, 9.17) is 5.73 Å². The first kappa shape index (κ1) is 10.5. The highest BCUT2D eigenvalue weighted by Gasteiger charge is 1.96. The van der Waals surface area contributed by atoms with Gasteiger partial charge in [-0.15, -0.1) is 0 Å². The second-order valence-electron chi connectivity index (χ2n) is 3.67. The van der Waals surface area contributed by atoms with Crippen LogP contribution in [0.3, 0.4) is 0 Å². The minimum atomic E-state index is 0.540. The van der Waals surface area contributed by atoms with Crippen molar-refractivity contribution < 1.29 is 0 Å². The molecule has 2 heterocycles. The van der Waals surface area contributed by atoms with E-state index < -0.39 is 0 Å². The molecule has 0 atom stereocenters. The summed E-state index contributed by atoms with van der Waals surface area (Å²) in [6.45, 7) is 0.858. The number of hydrogen-bond donors (Lipinski definition) is 2. The number of aryl methyl sites for hydroxylation is 1. The van der Waals surface area contributed by atoms with E-state index in [9.17, 15) is 0 Å². The summed E-state index contributed by atoms with van der Waals surface area (Å²) < 4.78 is 1.81. The first-order valence-electron chi connectivity index (χ1n) is 5.17. The minimum absolute atomic E-state index is 0.540. The molecule has 2 aromatic heterocycles. The van der Waals surface area contributed by atoms with Crippen molar-refractivity contribution in [2.75, 3.05) is 17.6 Å². The summed E-state index contributed by atoms with van der Waals surface area (Å²) in [6, 6.07) is 3.71. The van der Waals surface area contributed by atoms with Crippen molar-refractivity contribution in [1.82, 2.24) is 14.8 Å². The van der Waals surface area contributed by atoms with E-state index in [1.807, 2.05) is 25.5 Å². The van der Waals surface area contributed by atoms with Gasteiger partial charge in [-0.25, -0.2) is 4.98 Å². The highest BCUT2D eigenvalue weighted by molar-refractivity contribution is 5.45. The fourth-order valence-corrected chi connectivity index (χ4v) is 1.46. The predicted molar refractivity (Wildman–Crippen MR) is 64.1 cm³/mol. The second kappa shape index (κ2) is 4.65. The van der Waals surface area contributed by atoms with Gasteiger partial charge in [0.1, 0.15) is 5.82 Å². The van der Waals surface area contributed by atoms with Crippen molar-refractivity contribution in [3.8, 4) is 0 Å². The average Bonchev–Trinajstić information content (AvgIpc) is 2.67. The summed E-state index contributed by atoms with van der Waals surface area (Å²) in [6.07, 6.45) is 6.57. The average molecular weight is 217 g/mol. The maximum Gasteiger partial charge on any atom is 0.123 e. The number of nitrogens with one attached hydrogen (secondary N) is 1. The molecule has 2 aromatic rings. The zero-order chi connectivity index (χ0) is 11.4. The Bertz CT molecular complexity index is 446. The highest BCUT2D eigenvalue weighted by atomic mass is 15.2. The van der Waals surface area contributed by atoms with Gasteiger partial charge in [-0.3, -0.25) is 4.68 Å². The number of rotatable bonds is 4. The number of pyridine rings is 1. The van der Waals surface area contributed by atoms with Gasteiger partial charge in [-0.1, -0.05) is 0 Å². The van der Waals surface area contributed by atoms with E-state index >= 15 is 0 Å². The molecular formula is C11H15N5. The van der Waals surface area contributed by atoms with Crippen molar-refractivity contribution in [2.24, 2.45) is 7.05 Å². The Balaban J connectivity index is 1.82. The van der Waals surface area contributed by atoms with Gasteiger partial charge < -0.3 is 11.1 Å². The molecule has 0 aliphatic rings. The number of nitrogens with two attached hydrogens (primary N) is 1. The number of anilines is 2. The van der Waals surface area contributed by atoms with E-state index in [-0.39, 0.29) is 0 Å². The van der Waals surface area contributed by atoms with Crippen LogP contribution in [0.5, 0.6) is 0 Å². The van der Waals surface area contributed by atoms with Crippen LogP contribution in [-0.4, -0.2) is 21.3 Å². The molecule has 0 spiro atoms. The van der Waals surface area contributed by atoms with Gasteiger partial charge in [0, 0.05) is 19.8 Å². The minimum Gasteiger partial charge on any atom is -0.384 e. The zero-order valence-electron chi connectivity index (χ0n) is 9.22. The van der Waals surface area contributed by atoms with Crippen molar-refractivity contribution in [3.63, 3.8) is 0 Å². The van der Waals surface area contributed by atoms with Crippen LogP contribution in [0.25, 0.3) is 0 Å². The third kappa shape index (κ3) is 2.73. The Kier molecular flexibility index (Phi) is 3.05. The molecule has 5 nitrogen and oxygen atoms in total. The lowest BCUT2D eigenvalue weighted by molar-refractivity contribution is 0.767. The normalized spacial score (nSPS) is 10.3. The van der Waals surface area contributed by atoms with Gasteiger partial charge in [0.05, 0.1) is 18.1 Å². The smallest absolute Gasteiger partial charge is 0.123 e. The first-order chi connectivity index (χ1) is 7.74. The lowest BCUT2D eigenvalue weighted by Gasteiger charge is -2.04. The molecule has 0 aromatic carbocycles. The van der Waals surface area contributed by atoms with Gasteiger partial charge in [0.2, 0.25) is 0 Å². The van der Waals surface area contributed by atoms with Crippen LogP contribution in [0.1, 0.15) is 5.56 Å². The van der Waals surface area contributed by atoms with E-state index in [0.29, 0.717) is 5.82 Å². The lowest BCUT2D eigenvalue weighted by Crippen LogP contribution is -2.04. The standard InChI is InChI=1S/C11H15N5/c1-16-8-9(6-15-16)4-5-13-10-2-3-11(12)14-7-10/h2-3,6-8,13H,4-5H2,1H3,(H2,12,14). The van der Waals surface area contributed by atoms with Gasteiger partial charge >= 0.3 is 0 Å². The fourth-order valence-electron chi connectivity index (χ4n) is 1.46. The molecule has 0 saturated heterocycles. The molecule has 0 aliphatic carbocycles. The van der Waals surface area contributed by atoms with Crippen LogP contribution in [0.2, 0.25) is 0 Å². The summed E-state index contributed by atoms with van der Waals surface area (Å²) in [4.78, 5) is 4.01. The molecule has 0 bridgehead atoms. The van der Waals surface area contributed by atoms with Crippen LogP contribution < -0.4 is 11.1 Å². The monoisotopic (exact) mass is 217 g/mol. The van der Waals surface area contributed by atoms with Crippen molar-refractivity contribution in [1.29, 1.82) is 0 Å². The third-order valence-electron chi connectivity index (χ3n) is 2.29. The third-order valence-corrected chi connectivity index (χ3v) is 2.29. The number of hydrogen-bond acceptors (Lipinski definition) is 4. The summed E-state index contributed by atoms with van der Waals surface area (Å²) in [5.74, 6) is 0.540. The molecule has 0 saturated carbocycles. The number of nitrogen functional groups attached to an aromatic ring is 1. The van der Waals surface area contributed by atoms with Gasteiger partial charge in [0.25, 0.3) is 0 Å². The van der Waals surface area contributed by atoms with Crippen LogP contribution in [-0.2, 0) is 13.5 Å². The maximum absolute atomic E-state index is 5.50. The van der Waals surface area contributed by atoms with Crippen LogP contribution in [0.4, 0.5) is 11.5 Å². The first-order valence-corrected chi connectivity index (χ1v) is 5.17. The summed E-state index contributed by atoms with van der Waals surface area (Å²) in [7, 11) is 1.92. The van der Waals surface area contributed by atoms with Crippen LogP contribution >= 0.6 is 0 Å². The topological polar surface area (TPSA) is 68.8 Å². The Morgan fingerprint density at radius 2 is 2.25 bits per heavy atom. The second-order valence-corrected chi connectivity index (χ2v) is 3.67. The van der Waals surface area contributed by atoms with E-state index in [0.717, 1.165) is 18.7 Å². The Labute approximate surface area is 94.3 Å².